The fourth-order valence-corrected chi connectivity index (χ4v) is 0. The minimum absolute atomic E-state index is 0. The van der Waals surface area contributed by atoms with Crippen LogP contribution in [0.3, 0.4) is 0 Å². The predicted octanol–water partition coefficient (Wildman–Crippen LogP) is 0.0235. The first-order chi connectivity index (χ1) is 3.46. The van der Waals surface area contributed by atoms with E-state index in [1.807, 2.05) is 0 Å². The maximum atomic E-state index is 9.00. The summed E-state index contributed by atoms with van der Waals surface area (Å²) < 4.78 is 0. The predicted molar refractivity (Wildman–Crippen MR) is 34.6 cm³/mol. The van der Waals surface area contributed by atoms with Gasteiger partial charge in [0.15, 0.2) is 0 Å². The van der Waals surface area contributed by atoms with Crippen LogP contribution in [0.4, 0.5) is 0 Å². The van der Waals surface area contributed by atoms with Gasteiger partial charge >= 0.3 is 48.9 Å². The van der Waals surface area contributed by atoms with Crippen molar-refractivity contribution >= 4 is 60.8 Å². The van der Waals surface area contributed by atoms with Crippen LogP contribution in [0, 0.1) is 0 Å². The minimum atomic E-state index is -0.833. The molecule has 0 aliphatic rings. The Bertz CT molecular complexity index is 83.1. The van der Waals surface area contributed by atoms with E-state index >= 15 is 0 Å². The van der Waals surface area contributed by atoms with Gasteiger partial charge in [-0.05, 0) is 0 Å². The van der Waals surface area contributed by atoms with Crippen LogP contribution in [0.5, 0.6) is 0 Å². The Labute approximate surface area is 113 Å². The molecular weight excluding hydrogens is 313 g/mol. The number of aliphatic carboxylic acids is 2. The molecule has 0 unspecified atom stereocenters. The third kappa shape index (κ3) is 548. The van der Waals surface area contributed by atoms with E-state index in [0.717, 1.165) is 13.8 Å². The molecule has 0 saturated heterocycles. The summed E-state index contributed by atoms with van der Waals surface area (Å²) in [7, 11) is 0. The summed E-state index contributed by atoms with van der Waals surface area (Å²) in [5.74, 6) is -1.67. The zero-order valence-corrected chi connectivity index (χ0v) is 11.1. The van der Waals surface area contributed by atoms with Gasteiger partial charge in [-0.1, -0.05) is 0 Å². The molecule has 63 valence electrons. The van der Waals surface area contributed by atoms with Gasteiger partial charge in [0.25, 0.3) is 11.9 Å². The Balaban J connectivity index is -0.0000000112. The van der Waals surface area contributed by atoms with Crippen molar-refractivity contribution in [2.75, 3.05) is 0 Å². The smallest absolute Gasteiger partial charge is 1.00 e. The molecule has 0 aliphatic heterocycles. The molecule has 0 atom stereocenters. The molecule has 0 amide bonds. The Morgan fingerprint density at radius 1 is 1.10 bits per heavy atom. The Morgan fingerprint density at radius 3 is 1.10 bits per heavy atom. The van der Waals surface area contributed by atoms with Crippen molar-refractivity contribution in [1.82, 2.24) is 0 Å². The molecule has 1 radical (unpaired) electrons. The minimum Gasteiger partial charge on any atom is -1.00 e. The molecule has 0 aromatic rings. The second-order valence-corrected chi connectivity index (χ2v) is 1.04. The normalized spacial score (nSPS) is 5.00. The van der Waals surface area contributed by atoms with Crippen LogP contribution in [0.15, 0.2) is 0 Å². The van der Waals surface area contributed by atoms with Crippen molar-refractivity contribution < 1.29 is 39.7 Å². The Morgan fingerprint density at radius 2 is 1.10 bits per heavy atom. The standard InChI is InChI=1S/2C2H4O2.Ba.Cu.2H/c2*1-2(3)4;;;;/h2*1H3,(H,3,4);;;;/q;;+2;;2*-1. The first-order valence-corrected chi connectivity index (χ1v) is 1.86. The number of carboxylic acids is 2. The monoisotopic (exact) mass is 323 g/mol. The number of rotatable bonds is 0. The first-order valence-electron chi connectivity index (χ1n) is 1.86. The van der Waals surface area contributed by atoms with E-state index < -0.39 is 11.9 Å². The molecule has 0 aromatic heterocycles. The van der Waals surface area contributed by atoms with Crippen molar-refractivity contribution in [2.45, 2.75) is 13.8 Å². The van der Waals surface area contributed by atoms with Gasteiger partial charge in [0.1, 0.15) is 0 Å². The van der Waals surface area contributed by atoms with Crippen molar-refractivity contribution in [1.29, 1.82) is 0 Å². The summed E-state index contributed by atoms with van der Waals surface area (Å²) in [6.45, 7) is 2.17. The van der Waals surface area contributed by atoms with Gasteiger partial charge in [0.05, 0.1) is 0 Å². The van der Waals surface area contributed by atoms with E-state index in [0.29, 0.717) is 0 Å². The average Bonchev–Trinajstić information content (AvgIpc) is 1.25. The summed E-state index contributed by atoms with van der Waals surface area (Å²) >= 11 is 0. The van der Waals surface area contributed by atoms with Gasteiger partial charge in [-0.2, -0.15) is 0 Å². The molecule has 0 saturated carbocycles. The van der Waals surface area contributed by atoms with E-state index in [1.54, 1.807) is 0 Å². The van der Waals surface area contributed by atoms with E-state index in [2.05, 4.69) is 0 Å². The largest absolute Gasteiger partial charge is 2.00 e. The maximum absolute atomic E-state index is 9.00. The van der Waals surface area contributed by atoms with Gasteiger partial charge in [-0.25, -0.2) is 0 Å². The molecular formula is C4H10BaCuO4. The van der Waals surface area contributed by atoms with Gasteiger partial charge < -0.3 is 13.1 Å². The van der Waals surface area contributed by atoms with Crippen LogP contribution in [-0.2, 0) is 26.7 Å². The third-order valence-corrected chi connectivity index (χ3v) is 0. The molecule has 0 spiro atoms. The zero-order valence-electron chi connectivity index (χ0n) is 7.72. The van der Waals surface area contributed by atoms with Gasteiger partial charge in [-0.3, -0.25) is 9.59 Å². The Hall–Kier alpha value is 1.03. The maximum Gasteiger partial charge on any atom is 2.00 e. The summed E-state index contributed by atoms with van der Waals surface area (Å²) in [6.07, 6.45) is 0. The van der Waals surface area contributed by atoms with Crippen molar-refractivity contribution in [3.05, 3.63) is 0 Å². The molecule has 0 aliphatic carbocycles. The van der Waals surface area contributed by atoms with Crippen molar-refractivity contribution in [3.8, 4) is 0 Å². The molecule has 0 fully saturated rings. The van der Waals surface area contributed by atoms with Gasteiger partial charge in [-0.15, -0.1) is 0 Å². The number of hydrogen-bond donors (Lipinski definition) is 2. The van der Waals surface area contributed by atoms with E-state index in [4.69, 9.17) is 19.8 Å². The fourth-order valence-electron chi connectivity index (χ4n) is 0. The molecule has 0 heterocycles. The molecule has 10 heavy (non-hydrogen) atoms. The fraction of sp³-hybridized carbons (Fsp3) is 0.500. The summed E-state index contributed by atoms with van der Waals surface area (Å²) in [6, 6.07) is 0. The Kier molecular flexibility index (Phi) is 37.2. The number of carboxylic acid groups (broad SMARTS) is 2. The summed E-state index contributed by atoms with van der Waals surface area (Å²) in [5.41, 5.74) is 0. The van der Waals surface area contributed by atoms with E-state index in [9.17, 15) is 0 Å². The van der Waals surface area contributed by atoms with E-state index in [1.165, 1.54) is 0 Å². The van der Waals surface area contributed by atoms with Crippen LogP contribution in [0.2, 0.25) is 0 Å². The topological polar surface area (TPSA) is 74.6 Å². The average molecular weight is 323 g/mol. The molecule has 6 heteroatoms. The van der Waals surface area contributed by atoms with Crippen LogP contribution in [0.25, 0.3) is 0 Å². The summed E-state index contributed by atoms with van der Waals surface area (Å²) in [5, 5.41) is 14.8. The SMILES string of the molecule is CC(=O)O.CC(=O)O.[Ba+2].[Cu].[H-].[H-]. The molecule has 0 aromatic carbocycles. The molecule has 0 bridgehead atoms. The second kappa shape index (κ2) is 16.5. The number of hydrogen-bond acceptors (Lipinski definition) is 2. The van der Waals surface area contributed by atoms with E-state index in [-0.39, 0.29) is 68.8 Å². The molecule has 2 N–H and O–H groups in total. The van der Waals surface area contributed by atoms with Crippen LogP contribution in [0.1, 0.15) is 16.7 Å². The van der Waals surface area contributed by atoms with Gasteiger partial charge in [0, 0.05) is 30.9 Å². The van der Waals surface area contributed by atoms with Crippen LogP contribution >= 0.6 is 0 Å². The quantitative estimate of drug-likeness (QED) is 0.617. The first kappa shape index (κ1) is 22.5. The summed E-state index contributed by atoms with van der Waals surface area (Å²) in [4.78, 5) is 18.0. The van der Waals surface area contributed by atoms with Crippen LogP contribution < -0.4 is 0 Å². The second-order valence-electron chi connectivity index (χ2n) is 1.04. The number of carbonyl (C=O) groups is 2. The molecule has 0 rings (SSSR count). The van der Waals surface area contributed by atoms with Gasteiger partial charge in [0.2, 0.25) is 0 Å². The zero-order chi connectivity index (χ0) is 7.15. The molecule has 4 nitrogen and oxygen atoms in total. The van der Waals surface area contributed by atoms with Crippen molar-refractivity contribution in [3.63, 3.8) is 0 Å². The van der Waals surface area contributed by atoms with Crippen LogP contribution in [-0.4, -0.2) is 71.0 Å². The van der Waals surface area contributed by atoms with Crippen molar-refractivity contribution in [2.24, 2.45) is 0 Å². The third-order valence-electron chi connectivity index (χ3n) is 0.